The maximum atomic E-state index is 16.0. The van der Waals surface area contributed by atoms with Gasteiger partial charge in [0.1, 0.15) is 28.7 Å². The van der Waals surface area contributed by atoms with Crippen molar-refractivity contribution in [1.29, 1.82) is 5.26 Å². The smallest absolute Gasteiger partial charge is 0.282 e. The Morgan fingerprint density at radius 2 is 1.85 bits per heavy atom. The fourth-order valence-corrected chi connectivity index (χ4v) is 4.54. The number of rotatable bonds is 4. The predicted molar refractivity (Wildman–Crippen MR) is 146 cm³/mol. The second-order valence-corrected chi connectivity index (χ2v) is 8.80. The van der Waals surface area contributed by atoms with Crippen LogP contribution in [0.4, 0.5) is 19.0 Å². The topological polar surface area (TPSA) is 86.0 Å². The minimum absolute atomic E-state index is 0.0343. The highest BCUT2D eigenvalue weighted by atomic mass is 35.5. The first-order valence-electron chi connectivity index (χ1n) is 11.9. The highest BCUT2D eigenvalue weighted by Crippen LogP contribution is 2.29. The van der Waals surface area contributed by atoms with Crippen LogP contribution in [0.1, 0.15) is 25.4 Å². The zero-order valence-corrected chi connectivity index (χ0v) is 22.5. The molecule has 1 aliphatic heterocycles. The van der Waals surface area contributed by atoms with Crippen molar-refractivity contribution in [3.8, 4) is 6.07 Å². The van der Waals surface area contributed by atoms with Crippen LogP contribution >= 0.6 is 11.6 Å². The summed E-state index contributed by atoms with van der Waals surface area (Å²) in [5.41, 5.74) is 0.185. The van der Waals surface area contributed by atoms with E-state index in [0.29, 0.717) is 35.3 Å². The highest BCUT2D eigenvalue weighted by Gasteiger charge is 2.26. The Kier molecular flexibility index (Phi) is 9.43. The Labute approximate surface area is 228 Å². The fourth-order valence-electron chi connectivity index (χ4n) is 4.27. The Morgan fingerprint density at radius 1 is 1.21 bits per heavy atom. The van der Waals surface area contributed by atoms with Crippen LogP contribution in [0.15, 0.2) is 43.4 Å². The number of pyridine rings is 1. The SMILES string of the molecule is C=C/C(c1ncc2c(N3CCN(C(=O)C(=C)F)CC3)nc(C)nc2c1F)=c1/c(Cl)c(F)cc/c1=C/C.CC#N. The molecule has 7 nitrogen and oxygen atoms in total. The van der Waals surface area contributed by atoms with Crippen molar-refractivity contribution in [2.75, 3.05) is 31.1 Å². The maximum absolute atomic E-state index is 16.0. The quantitative estimate of drug-likeness (QED) is 0.451. The lowest BCUT2D eigenvalue weighted by Gasteiger charge is -2.35. The predicted octanol–water partition coefficient (Wildman–Crippen LogP) is 4.11. The van der Waals surface area contributed by atoms with E-state index in [2.05, 4.69) is 28.1 Å². The minimum Gasteiger partial charge on any atom is -0.352 e. The summed E-state index contributed by atoms with van der Waals surface area (Å²) >= 11 is 6.27. The van der Waals surface area contributed by atoms with E-state index in [1.807, 2.05) is 4.90 Å². The fraction of sp³-hybridized carbons (Fsp3) is 0.250. The van der Waals surface area contributed by atoms with Crippen molar-refractivity contribution < 1.29 is 18.0 Å². The molecule has 1 fully saturated rings. The van der Waals surface area contributed by atoms with Crippen molar-refractivity contribution >= 4 is 45.9 Å². The molecule has 0 saturated carbocycles. The first kappa shape index (κ1) is 29.3. The number of allylic oxidation sites excluding steroid dienone is 1. The average molecular weight is 555 g/mol. The summed E-state index contributed by atoms with van der Waals surface area (Å²) in [6, 6.07) is 4.54. The zero-order chi connectivity index (χ0) is 28.9. The third-order valence-corrected chi connectivity index (χ3v) is 6.41. The number of halogens is 4. The molecule has 202 valence electrons. The molecule has 1 saturated heterocycles. The summed E-state index contributed by atoms with van der Waals surface area (Å²) in [7, 11) is 0. The van der Waals surface area contributed by atoms with Crippen LogP contribution in [0.25, 0.3) is 22.6 Å². The number of nitriles is 1. The van der Waals surface area contributed by atoms with E-state index in [9.17, 15) is 13.6 Å². The van der Waals surface area contributed by atoms with Gasteiger partial charge in [0.25, 0.3) is 5.91 Å². The van der Waals surface area contributed by atoms with E-state index in [4.69, 9.17) is 16.9 Å². The van der Waals surface area contributed by atoms with E-state index < -0.39 is 23.4 Å². The summed E-state index contributed by atoms with van der Waals surface area (Å²) in [6.45, 7) is 12.9. The van der Waals surface area contributed by atoms with Gasteiger partial charge in [0.15, 0.2) is 11.6 Å². The lowest BCUT2D eigenvalue weighted by atomic mass is 10.0. The van der Waals surface area contributed by atoms with E-state index in [1.165, 1.54) is 30.2 Å². The van der Waals surface area contributed by atoms with Gasteiger partial charge in [-0.25, -0.2) is 23.1 Å². The van der Waals surface area contributed by atoms with Crippen LogP contribution in [-0.2, 0) is 4.79 Å². The Bertz CT molecular complexity index is 1630. The van der Waals surface area contributed by atoms with E-state index in [1.54, 1.807) is 32.1 Å². The van der Waals surface area contributed by atoms with Crippen molar-refractivity contribution in [1.82, 2.24) is 19.9 Å². The highest BCUT2D eigenvalue weighted by molar-refractivity contribution is 6.31. The van der Waals surface area contributed by atoms with Crippen LogP contribution in [0.3, 0.4) is 0 Å². The monoisotopic (exact) mass is 554 g/mol. The molecule has 3 aromatic rings. The number of fused-ring (bicyclic) bond motifs is 1. The van der Waals surface area contributed by atoms with Gasteiger partial charge in [0.05, 0.1) is 16.5 Å². The molecule has 0 atom stereocenters. The van der Waals surface area contributed by atoms with Gasteiger partial charge < -0.3 is 9.80 Å². The summed E-state index contributed by atoms with van der Waals surface area (Å²) in [4.78, 5) is 28.3. The molecule has 0 radical (unpaired) electrons. The number of aromatic nitrogens is 3. The molecule has 0 bridgehead atoms. The van der Waals surface area contributed by atoms with Gasteiger partial charge in [-0.3, -0.25) is 9.78 Å². The third kappa shape index (κ3) is 5.94. The average Bonchev–Trinajstić information content (AvgIpc) is 2.92. The number of amides is 1. The number of carbonyl (C=O) groups is 1. The summed E-state index contributed by atoms with van der Waals surface area (Å²) < 4.78 is 43.5. The van der Waals surface area contributed by atoms with Crippen molar-refractivity contribution in [2.45, 2.75) is 20.8 Å². The van der Waals surface area contributed by atoms with Gasteiger partial charge in [-0.15, -0.1) is 0 Å². The normalized spacial score (nSPS) is 14.4. The Morgan fingerprint density at radius 3 is 2.41 bits per heavy atom. The number of carbonyl (C=O) groups excluding carboxylic acids is 1. The molecule has 1 aliphatic rings. The Hall–Kier alpha value is -4.23. The zero-order valence-electron chi connectivity index (χ0n) is 21.7. The summed E-state index contributed by atoms with van der Waals surface area (Å²) in [5.74, 6) is -2.35. The standard InChI is InChI=1S/C26H23ClF3N5O.C2H3N/c1-5-16-7-8-19(29)21(27)20(16)17(6-2)23-22(30)24-18(13-31-23)25(33-15(4)32-24)34-9-11-35(12-10-34)26(36)14(3)28;1-2-3/h5-8,13H,2-3,9-12H2,1,4H3;1H3/b16-5-,20-17-;. The second-order valence-electron chi connectivity index (χ2n) is 8.42. The van der Waals surface area contributed by atoms with E-state index in [-0.39, 0.29) is 40.1 Å². The number of nitrogens with zero attached hydrogens (tertiary/aromatic N) is 6. The summed E-state index contributed by atoms with van der Waals surface area (Å²) in [5, 5.41) is 8.40. The number of benzene rings is 1. The molecule has 11 heteroatoms. The molecule has 0 spiro atoms. The molecule has 1 aromatic carbocycles. The third-order valence-electron chi connectivity index (χ3n) is 6.04. The van der Waals surface area contributed by atoms with Gasteiger partial charge in [0.2, 0.25) is 0 Å². The van der Waals surface area contributed by atoms with Gasteiger partial charge in [0, 0.05) is 50.1 Å². The molecular formula is C28H26ClF3N6O. The molecule has 1 amide bonds. The number of anilines is 1. The molecule has 39 heavy (non-hydrogen) atoms. The number of piperazine rings is 1. The number of aryl methyl sites for hydroxylation is 1. The lowest BCUT2D eigenvalue weighted by molar-refractivity contribution is -0.128. The van der Waals surface area contributed by atoms with Crippen LogP contribution in [0.5, 0.6) is 0 Å². The first-order chi connectivity index (χ1) is 18.6. The van der Waals surface area contributed by atoms with Crippen LogP contribution in [0.2, 0.25) is 5.02 Å². The van der Waals surface area contributed by atoms with Crippen molar-refractivity contribution in [2.24, 2.45) is 0 Å². The minimum atomic E-state index is -1.01. The van der Waals surface area contributed by atoms with Gasteiger partial charge in [-0.2, -0.15) is 5.26 Å². The summed E-state index contributed by atoms with van der Waals surface area (Å²) in [6.07, 6.45) is 4.57. The van der Waals surface area contributed by atoms with Crippen LogP contribution < -0.4 is 15.3 Å². The molecule has 0 unspecified atom stereocenters. The van der Waals surface area contributed by atoms with E-state index in [0.717, 1.165) is 0 Å². The van der Waals surface area contributed by atoms with Gasteiger partial charge >= 0.3 is 0 Å². The molecule has 4 rings (SSSR count). The molecule has 3 heterocycles. The van der Waals surface area contributed by atoms with Gasteiger partial charge in [-0.05, 0) is 25.1 Å². The van der Waals surface area contributed by atoms with Gasteiger partial charge in [-0.1, -0.05) is 43.0 Å². The van der Waals surface area contributed by atoms with E-state index >= 15 is 4.39 Å². The largest absolute Gasteiger partial charge is 0.352 e. The first-order valence-corrected chi connectivity index (χ1v) is 12.3. The molecule has 2 aromatic heterocycles. The molecule has 0 aliphatic carbocycles. The molecular weight excluding hydrogens is 529 g/mol. The van der Waals surface area contributed by atoms with Crippen molar-refractivity contribution in [3.05, 3.63) is 82.0 Å². The number of hydrogen-bond donors (Lipinski definition) is 0. The molecule has 0 N–H and O–H groups in total. The maximum Gasteiger partial charge on any atom is 0.282 e. The van der Waals surface area contributed by atoms with Crippen molar-refractivity contribution in [3.63, 3.8) is 0 Å². The lowest BCUT2D eigenvalue weighted by Crippen LogP contribution is -2.49. The Balaban J connectivity index is 0.00000134. The second kappa shape index (κ2) is 12.5. The number of hydrogen-bond acceptors (Lipinski definition) is 6. The van der Waals surface area contributed by atoms with Crippen LogP contribution in [0, 0.1) is 29.9 Å². The van der Waals surface area contributed by atoms with Crippen LogP contribution in [-0.4, -0.2) is 51.9 Å².